The van der Waals surface area contributed by atoms with Gasteiger partial charge in [-0.25, -0.2) is 0 Å². The number of hydrogen-bond acceptors (Lipinski definition) is 5. The smallest absolute Gasteiger partial charge is 0.319 e. The lowest BCUT2D eigenvalue weighted by Gasteiger charge is -2.19. The average molecular weight is 859 g/mol. The van der Waals surface area contributed by atoms with Gasteiger partial charge in [0.05, 0.1) is 5.69 Å². The van der Waals surface area contributed by atoms with Gasteiger partial charge in [0.1, 0.15) is 12.5 Å². The van der Waals surface area contributed by atoms with Crippen molar-refractivity contribution < 1.29 is 24.2 Å². The van der Waals surface area contributed by atoms with Gasteiger partial charge in [-0.3, -0.25) is 14.4 Å². The van der Waals surface area contributed by atoms with E-state index >= 15 is 0 Å². The molecule has 5 N–H and O–H groups in total. The van der Waals surface area contributed by atoms with Crippen LogP contribution in [0.1, 0.15) is 180 Å². The molecular weight excluding hydrogens is 785 g/mol. The van der Waals surface area contributed by atoms with Crippen LogP contribution in [0.15, 0.2) is 29.6 Å². The maximum Gasteiger partial charge on any atom is 0.319 e. The summed E-state index contributed by atoms with van der Waals surface area (Å²) in [6.07, 6.45) is 22.8. The predicted octanol–water partition coefficient (Wildman–Crippen LogP) is 11.0. The van der Waals surface area contributed by atoms with Crippen molar-refractivity contribution in [1.29, 1.82) is 0 Å². The maximum absolute atomic E-state index is 14.2. The van der Waals surface area contributed by atoms with Crippen molar-refractivity contribution in [1.82, 2.24) is 20.3 Å². The number of aromatic amines is 3. The average Bonchev–Trinajstić information content (AvgIpc) is 3.97. The minimum atomic E-state index is -1.38. The van der Waals surface area contributed by atoms with E-state index < -0.39 is 17.7 Å². The Kier molecular flexibility index (Phi) is 15.5. The van der Waals surface area contributed by atoms with Crippen LogP contribution in [0.25, 0.3) is 29.9 Å². The van der Waals surface area contributed by atoms with E-state index in [2.05, 4.69) is 101 Å². The second-order valence-corrected chi connectivity index (χ2v) is 19.5. The van der Waals surface area contributed by atoms with Crippen LogP contribution >= 0.6 is 0 Å². The van der Waals surface area contributed by atoms with Crippen LogP contribution in [0.4, 0.5) is 0 Å². The standard InChI is InChI=1S/C54H74N4O5/c1-12-38-34(8)41-27-43-36(10)40(23-24-47(59)63-26-25-33(7)22-16-21-32(6)20-15-19-31(5)18-14-17-30(3)4)51(57-43)49-50(54(61)62)53(60)48-37(11)44(58-52(48)49)29-46-39(13-2)35(9)42(56-46)28-45(38)55-41/h12,25,27-32,36,40,50,55-58H,1,13-24,26H2,2-11H3,(H,61,62)/b33-25+,42-28-,43-27-,46-29-,51-49-/t31-,32-,36+,40+,50-/m1/s1. The third-order valence-electron chi connectivity index (χ3n) is 14.4. The fraction of sp³-hybridized carbons (Fsp3) is 0.537. The summed E-state index contributed by atoms with van der Waals surface area (Å²) >= 11 is 0. The van der Waals surface area contributed by atoms with Crippen LogP contribution in [0, 0.1) is 56.3 Å². The van der Waals surface area contributed by atoms with E-state index in [0.717, 1.165) is 86.8 Å². The van der Waals surface area contributed by atoms with E-state index in [-0.39, 0.29) is 30.8 Å². The number of ether oxygens (including phenoxy) is 1. The summed E-state index contributed by atoms with van der Waals surface area (Å²) in [5.74, 6) is -1.38. The molecule has 0 saturated carbocycles. The fourth-order valence-electron chi connectivity index (χ4n) is 10.3. The summed E-state index contributed by atoms with van der Waals surface area (Å²) < 4.78 is 5.77. The van der Waals surface area contributed by atoms with Gasteiger partial charge < -0.3 is 30.1 Å². The van der Waals surface area contributed by atoms with E-state index in [1.165, 1.54) is 50.5 Å². The number of carbonyl (C=O) groups is 3. The topological polar surface area (TPSA) is 140 Å². The number of nitrogens with one attached hydrogen (secondary N) is 4. The Hall–Kier alpha value is -5.05. The zero-order chi connectivity index (χ0) is 45.7. The van der Waals surface area contributed by atoms with E-state index in [4.69, 9.17) is 4.74 Å². The Morgan fingerprint density at radius 1 is 0.841 bits per heavy atom. The van der Waals surface area contributed by atoms with Gasteiger partial charge in [0.15, 0.2) is 5.78 Å². The number of fused-ring (bicyclic) bond motifs is 7. The number of H-pyrrole nitrogens is 3. The van der Waals surface area contributed by atoms with Gasteiger partial charge in [-0.15, -0.1) is 0 Å². The summed E-state index contributed by atoms with van der Waals surface area (Å²) in [6.45, 7) is 26.2. The van der Waals surface area contributed by atoms with Crippen molar-refractivity contribution in [2.75, 3.05) is 6.61 Å². The van der Waals surface area contributed by atoms with Gasteiger partial charge in [-0.1, -0.05) is 105 Å². The number of esters is 1. The van der Waals surface area contributed by atoms with Gasteiger partial charge in [0, 0.05) is 74.1 Å². The predicted molar refractivity (Wildman–Crippen MR) is 257 cm³/mol. The van der Waals surface area contributed by atoms with Crippen molar-refractivity contribution in [3.63, 3.8) is 0 Å². The van der Waals surface area contributed by atoms with Crippen molar-refractivity contribution >= 4 is 47.6 Å². The first-order chi connectivity index (χ1) is 30.0. The molecule has 5 heterocycles. The third kappa shape index (κ3) is 10.5. The van der Waals surface area contributed by atoms with Crippen LogP contribution in [0.5, 0.6) is 0 Å². The molecule has 8 bridgehead atoms. The van der Waals surface area contributed by atoms with Crippen molar-refractivity contribution in [2.45, 2.75) is 146 Å². The zero-order valence-electron chi connectivity index (χ0n) is 39.8. The highest BCUT2D eigenvalue weighted by atomic mass is 16.5. The molecule has 0 radical (unpaired) electrons. The largest absolute Gasteiger partial charge is 0.480 e. The molecule has 63 heavy (non-hydrogen) atoms. The van der Waals surface area contributed by atoms with Crippen LogP contribution in [0.3, 0.4) is 0 Å². The van der Waals surface area contributed by atoms with Crippen LogP contribution in [-0.4, -0.2) is 44.4 Å². The Balaban J connectivity index is 1.20. The number of carboxylic acids is 1. The molecule has 340 valence electrons. The number of Topliss-reactive ketones (excluding diaryl/α,β-unsaturated/α-hetero) is 1. The Morgan fingerprint density at radius 2 is 1.49 bits per heavy atom. The first-order valence-corrected chi connectivity index (χ1v) is 23.8. The highest BCUT2D eigenvalue weighted by Crippen LogP contribution is 2.48. The van der Waals surface area contributed by atoms with Crippen molar-refractivity contribution in [2.24, 2.45) is 35.5 Å². The molecule has 3 aromatic rings. The van der Waals surface area contributed by atoms with E-state index in [1.54, 1.807) is 0 Å². The minimum Gasteiger partial charge on any atom is -0.480 e. The molecule has 9 nitrogen and oxygen atoms in total. The molecule has 2 aliphatic heterocycles. The van der Waals surface area contributed by atoms with Crippen LogP contribution in [-0.2, 0) is 20.7 Å². The number of hydrogen-bond donors (Lipinski definition) is 5. The zero-order valence-corrected chi connectivity index (χ0v) is 39.8. The number of carboxylic acid groups (broad SMARTS) is 1. The van der Waals surface area contributed by atoms with Crippen molar-refractivity contribution in [3.05, 3.63) is 96.5 Å². The van der Waals surface area contributed by atoms with Crippen LogP contribution in [0.2, 0.25) is 0 Å². The summed E-state index contributed by atoms with van der Waals surface area (Å²) in [4.78, 5) is 51.4. The minimum absolute atomic E-state index is 0.128. The molecule has 6 rings (SSSR count). The first-order valence-electron chi connectivity index (χ1n) is 23.8. The lowest BCUT2D eigenvalue weighted by Crippen LogP contribution is -2.24. The van der Waals surface area contributed by atoms with Crippen LogP contribution < -0.4 is 16.0 Å². The lowest BCUT2D eigenvalue weighted by atomic mass is 9.85. The Bertz CT molecular complexity index is 2430. The SMILES string of the molecule is C=Cc1c2[nH]c(c1C)/C=C1\N/C(=C3\c4[nH]c(c(C)c4C(=O)[C@@H]3C(=O)O)/C=c3\[nH]/c(c(C)c3CC)=C\2)[C@@H](CCC(=O)OC/C=C(\C)CCC[C@H](C)CCC[C@H](C)CCCC(C)C)[C@@H]1C. The molecule has 9 heteroatoms. The molecule has 0 amide bonds. The number of rotatable bonds is 20. The summed E-state index contributed by atoms with van der Waals surface area (Å²) in [5, 5.41) is 16.2. The Morgan fingerprint density at radius 3 is 2.14 bits per heavy atom. The maximum atomic E-state index is 14.2. The van der Waals surface area contributed by atoms with Gasteiger partial charge in [-0.2, -0.15) is 0 Å². The van der Waals surface area contributed by atoms with E-state index in [1.807, 2.05) is 25.2 Å². The molecular formula is C54H74N4O5. The van der Waals surface area contributed by atoms with E-state index in [0.29, 0.717) is 40.4 Å². The molecule has 3 aromatic heterocycles. The highest BCUT2D eigenvalue weighted by Gasteiger charge is 2.48. The molecule has 1 fully saturated rings. The quantitative estimate of drug-likeness (QED) is 0.0435. The van der Waals surface area contributed by atoms with Gasteiger partial charge in [0.25, 0.3) is 0 Å². The van der Waals surface area contributed by atoms with Gasteiger partial charge in [-0.05, 0) is 118 Å². The van der Waals surface area contributed by atoms with E-state index in [9.17, 15) is 19.5 Å². The number of aromatic nitrogens is 3. The van der Waals surface area contributed by atoms with Crippen molar-refractivity contribution in [3.8, 4) is 0 Å². The number of aliphatic carboxylic acids is 1. The monoisotopic (exact) mass is 859 g/mol. The highest BCUT2D eigenvalue weighted by molar-refractivity contribution is 6.24. The molecule has 1 aliphatic carbocycles. The van der Waals surface area contributed by atoms with Gasteiger partial charge in [0.2, 0.25) is 0 Å². The molecule has 5 atom stereocenters. The molecule has 3 aliphatic rings. The molecule has 0 unspecified atom stereocenters. The fourth-order valence-corrected chi connectivity index (χ4v) is 10.3. The summed E-state index contributed by atoms with van der Waals surface area (Å²) in [7, 11) is 0. The first kappa shape index (κ1) is 47.4. The third-order valence-corrected chi connectivity index (χ3v) is 14.4. The molecule has 0 spiro atoms. The summed E-state index contributed by atoms with van der Waals surface area (Å²) in [6, 6.07) is 0. The molecule has 0 aromatic carbocycles. The number of ketones is 1. The Labute approximate surface area is 375 Å². The lowest BCUT2D eigenvalue weighted by molar-refractivity contribution is -0.143. The summed E-state index contributed by atoms with van der Waals surface area (Å²) in [5.41, 5.74) is 11.8. The normalized spacial score (nSPS) is 22.2. The van der Waals surface area contributed by atoms with Gasteiger partial charge >= 0.3 is 11.9 Å². The second-order valence-electron chi connectivity index (χ2n) is 19.5. The number of carbonyl (C=O) groups excluding carboxylic acids is 2. The second kappa shape index (κ2) is 20.6. The molecule has 1 saturated heterocycles. The number of allylic oxidation sites excluding steroid dienone is 3.